The molecule has 5 nitrogen and oxygen atoms in total. The van der Waals surface area contributed by atoms with Crippen LogP contribution in [-0.4, -0.2) is 25.9 Å². The summed E-state index contributed by atoms with van der Waals surface area (Å²) in [6, 6.07) is 15.0. The molecule has 0 radical (unpaired) electrons. The van der Waals surface area contributed by atoms with Crippen LogP contribution in [0.2, 0.25) is 0 Å². The summed E-state index contributed by atoms with van der Waals surface area (Å²) in [7, 11) is -3.55. The zero-order valence-electron chi connectivity index (χ0n) is 16.9. The van der Waals surface area contributed by atoms with E-state index < -0.39 is 15.6 Å². The lowest BCUT2D eigenvalue weighted by atomic mass is 10.1. The third kappa shape index (κ3) is 4.62. The molecule has 0 bridgehead atoms. The van der Waals surface area contributed by atoms with Gasteiger partial charge < -0.3 is 4.90 Å². The van der Waals surface area contributed by atoms with Gasteiger partial charge in [-0.1, -0.05) is 30.3 Å². The Labute approximate surface area is 167 Å². The van der Waals surface area contributed by atoms with Gasteiger partial charge in [-0.3, -0.25) is 4.79 Å². The van der Waals surface area contributed by atoms with Gasteiger partial charge in [-0.05, 0) is 69.9 Å². The maximum absolute atomic E-state index is 12.8. The largest absolute Gasteiger partial charge is 0.309 e. The van der Waals surface area contributed by atoms with E-state index in [0.29, 0.717) is 12.8 Å². The van der Waals surface area contributed by atoms with Crippen LogP contribution >= 0.6 is 0 Å². The lowest BCUT2D eigenvalue weighted by Gasteiger charge is -2.23. The first-order valence-electron chi connectivity index (χ1n) is 9.60. The molecule has 0 unspecified atom stereocenters. The number of carbonyl (C=O) groups excluding carboxylic acids is 1. The van der Waals surface area contributed by atoms with E-state index >= 15 is 0 Å². The van der Waals surface area contributed by atoms with Gasteiger partial charge in [0, 0.05) is 23.7 Å². The highest BCUT2D eigenvalue weighted by molar-refractivity contribution is 7.89. The SMILES string of the molecule is C[C@H]1Cc2ccccc2N1C(=O)CCc1ccc(S(=O)(=O)NC(C)(C)C)cc1. The van der Waals surface area contributed by atoms with Gasteiger partial charge in [0.2, 0.25) is 15.9 Å². The number of nitrogens with zero attached hydrogens (tertiary/aromatic N) is 1. The molecule has 0 fully saturated rings. The van der Waals surface area contributed by atoms with Crippen molar-refractivity contribution in [3.8, 4) is 0 Å². The highest BCUT2D eigenvalue weighted by atomic mass is 32.2. The minimum Gasteiger partial charge on any atom is -0.309 e. The van der Waals surface area contributed by atoms with E-state index in [1.807, 2.05) is 43.9 Å². The first-order valence-corrected chi connectivity index (χ1v) is 11.1. The fourth-order valence-corrected chi connectivity index (χ4v) is 5.03. The Hall–Kier alpha value is -2.18. The normalized spacial score (nSPS) is 16.9. The Morgan fingerprint density at radius 3 is 2.39 bits per heavy atom. The van der Waals surface area contributed by atoms with Crippen molar-refractivity contribution < 1.29 is 13.2 Å². The number of carbonyl (C=O) groups is 1. The van der Waals surface area contributed by atoms with Crippen LogP contribution in [0.25, 0.3) is 0 Å². The molecule has 1 N–H and O–H groups in total. The Balaban J connectivity index is 1.65. The van der Waals surface area contributed by atoms with Crippen molar-refractivity contribution in [3.05, 3.63) is 59.7 Å². The van der Waals surface area contributed by atoms with Crippen molar-refractivity contribution in [1.82, 2.24) is 4.72 Å². The van der Waals surface area contributed by atoms with Crippen molar-refractivity contribution in [2.75, 3.05) is 4.90 Å². The molecular weight excluding hydrogens is 372 g/mol. The number of hydrogen-bond acceptors (Lipinski definition) is 3. The van der Waals surface area contributed by atoms with Crippen molar-refractivity contribution in [2.45, 2.75) is 63.4 Å². The summed E-state index contributed by atoms with van der Waals surface area (Å²) < 4.78 is 27.4. The molecule has 0 aromatic heterocycles. The predicted molar refractivity (Wildman–Crippen MR) is 112 cm³/mol. The minimum absolute atomic E-state index is 0.101. The maximum Gasteiger partial charge on any atom is 0.241 e. The van der Waals surface area contributed by atoms with Crippen LogP contribution in [0.3, 0.4) is 0 Å². The number of anilines is 1. The summed E-state index contributed by atoms with van der Waals surface area (Å²) in [6.45, 7) is 7.49. The summed E-state index contributed by atoms with van der Waals surface area (Å²) in [6.07, 6.45) is 1.86. The van der Waals surface area contributed by atoms with E-state index in [9.17, 15) is 13.2 Å². The van der Waals surface area contributed by atoms with Gasteiger partial charge in [0.1, 0.15) is 0 Å². The molecule has 0 aliphatic carbocycles. The standard InChI is InChI=1S/C22H28N2O3S/c1-16-15-18-7-5-6-8-20(18)24(16)21(25)14-11-17-9-12-19(13-10-17)28(26,27)23-22(2,3)4/h5-10,12-13,16,23H,11,14-15H2,1-4H3/t16-/m0/s1. The van der Waals surface area contributed by atoms with Crippen molar-refractivity contribution in [3.63, 3.8) is 0 Å². The number of para-hydroxylation sites is 1. The zero-order valence-corrected chi connectivity index (χ0v) is 17.7. The van der Waals surface area contributed by atoms with Gasteiger partial charge in [0.25, 0.3) is 0 Å². The Morgan fingerprint density at radius 1 is 1.11 bits per heavy atom. The Morgan fingerprint density at radius 2 is 1.75 bits per heavy atom. The summed E-state index contributed by atoms with van der Waals surface area (Å²) in [5.74, 6) is 0.101. The molecule has 1 atom stereocenters. The number of fused-ring (bicyclic) bond motifs is 1. The van der Waals surface area contributed by atoms with Crippen LogP contribution in [0, 0.1) is 0 Å². The second-order valence-corrected chi connectivity index (χ2v) is 10.1. The summed E-state index contributed by atoms with van der Waals surface area (Å²) >= 11 is 0. The van der Waals surface area contributed by atoms with E-state index in [1.54, 1.807) is 24.3 Å². The molecule has 6 heteroatoms. The first-order chi connectivity index (χ1) is 13.1. The van der Waals surface area contributed by atoms with Gasteiger partial charge >= 0.3 is 0 Å². The number of benzene rings is 2. The van der Waals surface area contributed by atoms with Crippen LogP contribution in [0.15, 0.2) is 53.4 Å². The van der Waals surface area contributed by atoms with Gasteiger partial charge in [-0.2, -0.15) is 0 Å². The average Bonchev–Trinajstić information content (AvgIpc) is 2.94. The second-order valence-electron chi connectivity index (χ2n) is 8.45. The van der Waals surface area contributed by atoms with E-state index in [-0.39, 0.29) is 16.8 Å². The van der Waals surface area contributed by atoms with Crippen LogP contribution in [0.5, 0.6) is 0 Å². The molecule has 1 aliphatic heterocycles. The highest BCUT2D eigenvalue weighted by Gasteiger charge is 2.30. The monoisotopic (exact) mass is 400 g/mol. The van der Waals surface area contributed by atoms with Gasteiger partial charge in [0.05, 0.1) is 4.90 Å². The molecule has 28 heavy (non-hydrogen) atoms. The van der Waals surface area contributed by atoms with Crippen LogP contribution in [0.1, 0.15) is 45.2 Å². The number of amides is 1. The van der Waals surface area contributed by atoms with Crippen LogP contribution in [0.4, 0.5) is 5.69 Å². The molecule has 0 spiro atoms. The molecule has 2 aromatic carbocycles. The molecule has 1 aliphatic rings. The number of nitrogens with one attached hydrogen (secondary N) is 1. The molecule has 2 aromatic rings. The zero-order chi connectivity index (χ0) is 20.5. The molecule has 1 heterocycles. The topological polar surface area (TPSA) is 66.5 Å². The molecule has 0 saturated carbocycles. The van der Waals surface area contributed by atoms with Crippen molar-refractivity contribution in [1.29, 1.82) is 0 Å². The fourth-order valence-electron chi connectivity index (χ4n) is 3.61. The van der Waals surface area contributed by atoms with Gasteiger partial charge in [-0.15, -0.1) is 0 Å². The predicted octanol–water partition coefficient (Wildman–Crippen LogP) is 3.67. The summed E-state index contributed by atoms with van der Waals surface area (Å²) in [5.41, 5.74) is 2.63. The third-order valence-corrected chi connectivity index (χ3v) is 6.55. The lowest BCUT2D eigenvalue weighted by Crippen LogP contribution is -2.40. The van der Waals surface area contributed by atoms with E-state index in [2.05, 4.69) is 17.7 Å². The number of hydrogen-bond donors (Lipinski definition) is 1. The number of aryl methyl sites for hydroxylation is 1. The van der Waals surface area contributed by atoms with E-state index in [1.165, 1.54) is 5.56 Å². The van der Waals surface area contributed by atoms with Crippen LogP contribution < -0.4 is 9.62 Å². The molecular formula is C22H28N2O3S. The quantitative estimate of drug-likeness (QED) is 0.833. The smallest absolute Gasteiger partial charge is 0.241 e. The number of sulfonamides is 1. The van der Waals surface area contributed by atoms with Gasteiger partial charge in [0.15, 0.2) is 0 Å². The van der Waals surface area contributed by atoms with Crippen molar-refractivity contribution in [2.24, 2.45) is 0 Å². The number of rotatable bonds is 5. The first kappa shape index (κ1) is 20.6. The fraction of sp³-hybridized carbons (Fsp3) is 0.409. The molecule has 1 amide bonds. The Bertz CT molecular complexity index is 960. The van der Waals surface area contributed by atoms with E-state index in [0.717, 1.165) is 17.7 Å². The second kappa shape index (κ2) is 7.68. The van der Waals surface area contributed by atoms with E-state index in [4.69, 9.17) is 0 Å². The lowest BCUT2D eigenvalue weighted by molar-refractivity contribution is -0.118. The maximum atomic E-state index is 12.8. The van der Waals surface area contributed by atoms with Gasteiger partial charge in [-0.25, -0.2) is 13.1 Å². The third-order valence-electron chi connectivity index (χ3n) is 4.78. The molecule has 0 saturated heterocycles. The Kier molecular flexibility index (Phi) is 5.64. The van der Waals surface area contributed by atoms with Crippen LogP contribution in [-0.2, 0) is 27.7 Å². The van der Waals surface area contributed by atoms with Crippen molar-refractivity contribution >= 4 is 21.6 Å². The summed E-state index contributed by atoms with van der Waals surface area (Å²) in [4.78, 5) is 14.9. The minimum atomic E-state index is -3.55. The summed E-state index contributed by atoms with van der Waals surface area (Å²) in [5, 5.41) is 0. The highest BCUT2D eigenvalue weighted by Crippen LogP contribution is 2.32. The molecule has 150 valence electrons. The average molecular weight is 401 g/mol. The molecule has 3 rings (SSSR count).